The second-order valence-electron chi connectivity index (χ2n) is 5.20. The predicted octanol–water partition coefficient (Wildman–Crippen LogP) is 5.25. The quantitative estimate of drug-likeness (QED) is 0.574. The number of nitrogens with one attached hydrogen (secondary N) is 1. The Hall–Kier alpha value is -2.48. The number of carbonyl (C=O) groups excluding carboxylic acids is 1. The fourth-order valence-electron chi connectivity index (χ4n) is 2.18. The van der Waals surface area contributed by atoms with Gasteiger partial charge in [0.2, 0.25) is 0 Å². The molecule has 0 aliphatic rings. The molecule has 1 N–H and O–H groups in total. The summed E-state index contributed by atoms with van der Waals surface area (Å²) in [5.74, 6) is 0.0328. The Balaban J connectivity index is 2.32. The van der Waals surface area contributed by atoms with E-state index in [1.807, 2.05) is 19.9 Å². The number of nitrogens with zero attached hydrogens (tertiary/aromatic N) is 1. The average Bonchev–Trinajstić information content (AvgIpc) is 2.57. The predicted molar refractivity (Wildman–Crippen MR) is 101 cm³/mol. The maximum atomic E-state index is 12.4. The van der Waals surface area contributed by atoms with Crippen molar-refractivity contribution < 1.29 is 9.53 Å². The van der Waals surface area contributed by atoms with Gasteiger partial charge in [-0.1, -0.05) is 23.2 Å². The highest BCUT2D eigenvalue weighted by Crippen LogP contribution is 2.26. The Kier molecular flexibility index (Phi) is 6.46. The van der Waals surface area contributed by atoms with E-state index in [1.165, 1.54) is 6.08 Å². The largest absolute Gasteiger partial charge is 0.493 e. The van der Waals surface area contributed by atoms with Gasteiger partial charge in [-0.05, 0) is 61.9 Å². The molecule has 0 saturated carbocycles. The van der Waals surface area contributed by atoms with Crippen LogP contribution in [0.3, 0.4) is 0 Å². The molecule has 0 saturated heterocycles. The van der Waals surface area contributed by atoms with Gasteiger partial charge in [0, 0.05) is 21.3 Å². The Morgan fingerprint density at radius 3 is 2.56 bits per heavy atom. The SMILES string of the molecule is CCOc1ccc(Cl)cc1/C=C(\C#N)C(=O)Nc1ccc(Cl)cc1C. The van der Waals surface area contributed by atoms with Gasteiger partial charge in [0.15, 0.2) is 0 Å². The lowest BCUT2D eigenvalue weighted by Gasteiger charge is -2.10. The summed E-state index contributed by atoms with van der Waals surface area (Å²) < 4.78 is 5.51. The molecule has 0 atom stereocenters. The number of aryl methyl sites for hydroxylation is 1. The molecule has 0 bridgehead atoms. The zero-order valence-electron chi connectivity index (χ0n) is 13.8. The van der Waals surface area contributed by atoms with E-state index in [9.17, 15) is 10.1 Å². The van der Waals surface area contributed by atoms with Crippen LogP contribution >= 0.6 is 23.2 Å². The molecule has 2 aromatic carbocycles. The van der Waals surface area contributed by atoms with Crippen molar-refractivity contribution in [3.63, 3.8) is 0 Å². The van der Waals surface area contributed by atoms with Gasteiger partial charge in [-0.2, -0.15) is 5.26 Å². The molecule has 128 valence electrons. The Morgan fingerprint density at radius 2 is 1.92 bits per heavy atom. The van der Waals surface area contributed by atoms with Gasteiger partial charge in [0.25, 0.3) is 5.91 Å². The Bertz CT molecular complexity index is 870. The van der Waals surface area contributed by atoms with Crippen LogP contribution in [0.1, 0.15) is 18.1 Å². The number of hydrogen-bond donors (Lipinski definition) is 1. The monoisotopic (exact) mass is 374 g/mol. The van der Waals surface area contributed by atoms with E-state index in [4.69, 9.17) is 27.9 Å². The standard InChI is InChI=1S/C19H16Cl2N2O2/c1-3-25-18-7-5-16(21)10-13(18)9-14(11-22)19(24)23-17-6-4-15(20)8-12(17)2/h4-10H,3H2,1-2H3,(H,23,24)/b14-9+. The number of hydrogen-bond acceptors (Lipinski definition) is 3. The minimum Gasteiger partial charge on any atom is -0.493 e. The molecule has 25 heavy (non-hydrogen) atoms. The van der Waals surface area contributed by atoms with Crippen molar-refractivity contribution in [2.45, 2.75) is 13.8 Å². The summed E-state index contributed by atoms with van der Waals surface area (Å²) in [5.41, 5.74) is 1.90. The van der Waals surface area contributed by atoms with Crippen molar-refractivity contribution >= 4 is 40.9 Å². The van der Waals surface area contributed by atoms with Crippen molar-refractivity contribution in [2.75, 3.05) is 11.9 Å². The molecule has 1 amide bonds. The molecule has 0 aromatic heterocycles. The van der Waals surface area contributed by atoms with Crippen molar-refractivity contribution in [1.82, 2.24) is 0 Å². The number of benzene rings is 2. The molecule has 2 rings (SSSR count). The fraction of sp³-hybridized carbons (Fsp3) is 0.158. The van der Waals surface area contributed by atoms with Crippen LogP contribution in [0.4, 0.5) is 5.69 Å². The van der Waals surface area contributed by atoms with Gasteiger partial charge >= 0.3 is 0 Å². The normalized spacial score (nSPS) is 10.9. The molecular weight excluding hydrogens is 359 g/mol. The molecule has 0 aliphatic carbocycles. The number of anilines is 1. The first-order valence-electron chi connectivity index (χ1n) is 7.56. The van der Waals surface area contributed by atoms with E-state index in [1.54, 1.807) is 36.4 Å². The van der Waals surface area contributed by atoms with Gasteiger partial charge in [0.1, 0.15) is 17.4 Å². The molecule has 0 spiro atoms. The molecule has 0 unspecified atom stereocenters. The number of rotatable bonds is 5. The van der Waals surface area contributed by atoms with Gasteiger partial charge in [-0.3, -0.25) is 4.79 Å². The summed E-state index contributed by atoms with van der Waals surface area (Å²) in [6, 6.07) is 12.0. The van der Waals surface area contributed by atoms with E-state index < -0.39 is 5.91 Å². The number of ether oxygens (including phenoxy) is 1. The van der Waals surface area contributed by atoms with Crippen LogP contribution in [-0.4, -0.2) is 12.5 Å². The van der Waals surface area contributed by atoms with Crippen LogP contribution in [0.25, 0.3) is 6.08 Å². The van der Waals surface area contributed by atoms with Gasteiger partial charge in [0.05, 0.1) is 6.61 Å². The second kappa shape index (κ2) is 8.57. The minimum absolute atomic E-state index is 0.0578. The highest BCUT2D eigenvalue weighted by molar-refractivity contribution is 6.31. The van der Waals surface area contributed by atoms with Crippen LogP contribution in [0.15, 0.2) is 42.0 Å². The van der Waals surface area contributed by atoms with Crippen molar-refractivity contribution in [2.24, 2.45) is 0 Å². The lowest BCUT2D eigenvalue weighted by atomic mass is 10.1. The number of carbonyl (C=O) groups is 1. The van der Waals surface area contributed by atoms with E-state index in [0.717, 1.165) is 5.56 Å². The molecule has 0 heterocycles. The van der Waals surface area contributed by atoms with Crippen LogP contribution in [0.5, 0.6) is 5.75 Å². The first-order chi connectivity index (χ1) is 11.9. The highest BCUT2D eigenvalue weighted by Gasteiger charge is 2.13. The van der Waals surface area contributed by atoms with Crippen molar-refractivity contribution in [3.8, 4) is 11.8 Å². The number of nitriles is 1. The Labute approximate surface area is 156 Å². The highest BCUT2D eigenvalue weighted by atomic mass is 35.5. The van der Waals surface area contributed by atoms with Gasteiger partial charge in [-0.25, -0.2) is 0 Å². The van der Waals surface area contributed by atoms with Gasteiger partial charge < -0.3 is 10.1 Å². The van der Waals surface area contributed by atoms with Crippen molar-refractivity contribution in [1.29, 1.82) is 5.26 Å². The van der Waals surface area contributed by atoms with Crippen LogP contribution in [0.2, 0.25) is 10.0 Å². The summed E-state index contributed by atoms with van der Waals surface area (Å²) in [4.78, 5) is 12.4. The fourth-order valence-corrected chi connectivity index (χ4v) is 2.59. The average molecular weight is 375 g/mol. The number of halogens is 2. The third-order valence-corrected chi connectivity index (χ3v) is 3.84. The zero-order chi connectivity index (χ0) is 18.4. The summed E-state index contributed by atoms with van der Waals surface area (Å²) in [6.45, 7) is 4.13. The third-order valence-electron chi connectivity index (χ3n) is 3.37. The van der Waals surface area contributed by atoms with Crippen LogP contribution in [-0.2, 0) is 4.79 Å². The van der Waals surface area contributed by atoms with E-state index in [2.05, 4.69) is 5.32 Å². The Morgan fingerprint density at radius 1 is 1.24 bits per heavy atom. The molecular formula is C19H16Cl2N2O2. The molecule has 0 fully saturated rings. The maximum absolute atomic E-state index is 12.4. The lowest BCUT2D eigenvalue weighted by Crippen LogP contribution is -2.14. The smallest absolute Gasteiger partial charge is 0.266 e. The molecule has 4 nitrogen and oxygen atoms in total. The molecule has 0 radical (unpaired) electrons. The first-order valence-corrected chi connectivity index (χ1v) is 8.31. The summed E-state index contributed by atoms with van der Waals surface area (Å²) in [6.07, 6.45) is 1.46. The van der Waals surface area contributed by atoms with E-state index in [-0.39, 0.29) is 5.57 Å². The third kappa shape index (κ3) is 4.99. The number of amides is 1. The topological polar surface area (TPSA) is 62.1 Å². The molecule has 2 aromatic rings. The van der Waals surface area contributed by atoms with E-state index >= 15 is 0 Å². The minimum atomic E-state index is -0.518. The second-order valence-corrected chi connectivity index (χ2v) is 6.07. The first kappa shape index (κ1) is 18.9. The summed E-state index contributed by atoms with van der Waals surface area (Å²) in [7, 11) is 0. The van der Waals surface area contributed by atoms with Gasteiger partial charge in [-0.15, -0.1) is 0 Å². The van der Waals surface area contributed by atoms with Crippen LogP contribution < -0.4 is 10.1 Å². The maximum Gasteiger partial charge on any atom is 0.266 e. The summed E-state index contributed by atoms with van der Waals surface area (Å²) in [5, 5.41) is 13.1. The summed E-state index contributed by atoms with van der Waals surface area (Å²) >= 11 is 11.9. The lowest BCUT2D eigenvalue weighted by molar-refractivity contribution is -0.112. The molecule has 0 aliphatic heterocycles. The van der Waals surface area contributed by atoms with E-state index in [0.29, 0.717) is 33.7 Å². The van der Waals surface area contributed by atoms with Crippen LogP contribution in [0, 0.1) is 18.3 Å². The molecule has 6 heteroatoms. The zero-order valence-corrected chi connectivity index (χ0v) is 15.3. The van der Waals surface area contributed by atoms with Crippen molar-refractivity contribution in [3.05, 3.63) is 63.1 Å².